The summed E-state index contributed by atoms with van der Waals surface area (Å²) in [6.45, 7) is 23.6. The van der Waals surface area contributed by atoms with Gasteiger partial charge in [-0.25, -0.2) is 0 Å². The lowest BCUT2D eigenvalue weighted by atomic mass is 9.87. The van der Waals surface area contributed by atoms with E-state index in [1.165, 1.54) is 33.4 Å². The summed E-state index contributed by atoms with van der Waals surface area (Å²) in [6.07, 6.45) is 7.50. The van der Waals surface area contributed by atoms with Crippen molar-refractivity contribution in [3.63, 3.8) is 0 Å². The number of benzene rings is 4. The van der Waals surface area contributed by atoms with Gasteiger partial charge in [0.05, 0.1) is 0 Å². The molecule has 0 saturated heterocycles. The van der Waals surface area contributed by atoms with Gasteiger partial charge in [-0.2, -0.15) is 0 Å². The smallest absolute Gasteiger partial charge is 0.275 e. The molecule has 0 saturated carbocycles. The zero-order valence-corrected chi connectivity index (χ0v) is 35.8. The Morgan fingerprint density at radius 2 is 0.796 bits per heavy atom. The molecule has 8 heteroatoms. The van der Waals surface area contributed by atoms with E-state index in [0.29, 0.717) is 11.8 Å². The molecule has 2 unspecified atom stereocenters. The summed E-state index contributed by atoms with van der Waals surface area (Å²) in [5, 5.41) is 0. The van der Waals surface area contributed by atoms with Gasteiger partial charge in [0, 0.05) is 41.8 Å². The lowest BCUT2D eigenvalue weighted by molar-refractivity contribution is 0.497. The van der Waals surface area contributed by atoms with E-state index in [1.807, 2.05) is 49.1 Å². The Morgan fingerprint density at radius 3 is 1.11 bits per heavy atom. The van der Waals surface area contributed by atoms with E-state index in [1.54, 1.807) is 0 Å². The quantitative estimate of drug-likeness (QED) is 0.122. The second-order valence-electron chi connectivity index (χ2n) is 14.5. The molecule has 2 aromatic heterocycles. The van der Waals surface area contributed by atoms with Gasteiger partial charge in [0.2, 0.25) is 0 Å². The van der Waals surface area contributed by atoms with Crippen molar-refractivity contribution >= 4 is 18.1 Å². The minimum absolute atomic E-state index is 0.0159. The maximum atomic E-state index is 6.47. The highest BCUT2D eigenvalue weighted by Crippen LogP contribution is 2.44. The van der Waals surface area contributed by atoms with Crippen LogP contribution < -0.4 is 18.1 Å². The van der Waals surface area contributed by atoms with Crippen LogP contribution in [0.5, 0.6) is 23.0 Å². The van der Waals surface area contributed by atoms with Crippen molar-refractivity contribution < 1.29 is 18.1 Å². The summed E-state index contributed by atoms with van der Waals surface area (Å²) in [6, 6.07) is 29.3. The van der Waals surface area contributed by atoms with Crippen LogP contribution in [0.25, 0.3) is 0 Å². The molecule has 6 nitrogen and oxygen atoms in total. The second-order valence-corrected chi connectivity index (χ2v) is 15.6. The number of aromatic nitrogens is 2. The Labute approximate surface area is 327 Å². The first-order chi connectivity index (χ1) is 25.8. The molecule has 286 valence electrons. The minimum atomic E-state index is -0.165. The zero-order valence-electron chi connectivity index (χ0n) is 33.8. The number of aromatic amines is 2. The van der Waals surface area contributed by atoms with Crippen LogP contribution in [0.3, 0.4) is 0 Å². The summed E-state index contributed by atoms with van der Waals surface area (Å²) >= 11 is 0. The van der Waals surface area contributed by atoms with E-state index in [2.05, 4.69) is 147 Å². The highest BCUT2D eigenvalue weighted by atomic mass is 31.1. The van der Waals surface area contributed by atoms with Gasteiger partial charge in [-0.15, -0.1) is 0 Å². The summed E-state index contributed by atoms with van der Waals surface area (Å²) < 4.78 is 25.5. The standard InChI is InChI=1S/C38H48O4P2.2C4H5N/c1-22(2)31-14-12-24(5)20-35(31)39-43-41-37-28(9)16-26(7)18-33(37)30(11)34-19-27(8)17-29(10)38(34)42-44-40-36-21-25(6)13-15-32(36)23(3)4;2*1-2-4-5-3-1/h12-23,30,43-44H,1-11H3;2*1-5H. The highest BCUT2D eigenvalue weighted by molar-refractivity contribution is 7.27. The van der Waals surface area contributed by atoms with Crippen molar-refractivity contribution in [2.45, 2.75) is 93.9 Å². The van der Waals surface area contributed by atoms with Crippen molar-refractivity contribution in [2.24, 2.45) is 0 Å². The molecule has 2 heterocycles. The van der Waals surface area contributed by atoms with Gasteiger partial charge < -0.3 is 28.1 Å². The number of hydrogen-bond donors (Lipinski definition) is 2. The van der Waals surface area contributed by atoms with Gasteiger partial charge in [-0.3, -0.25) is 0 Å². The fourth-order valence-corrected chi connectivity index (χ4v) is 7.59. The molecule has 0 aliphatic carbocycles. The molecule has 0 aliphatic heterocycles. The van der Waals surface area contributed by atoms with Crippen LogP contribution in [-0.2, 0) is 0 Å². The number of nitrogens with one attached hydrogen (secondary N) is 2. The molecule has 6 rings (SSSR count). The van der Waals surface area contributed by atoms with Crippen LogP contribution in [0.1, 0.15) is 108 Å². The summed E-state index contributed by atoms with van der Waals surface area (Å²) in [7, 11) is -0.331. The summed E-state index contributed by atoms with van der Waals surface area (Å²) in [5.41, 5.74) is 11.5. The predicted molar refractivity (Wildman–Crippen MR) is 231 cm³/mol. The summed E-state index contributed by atoms with van der Waals surface area (Å²) in [4.78, 5) is 5.72. The average Bonchev–Trinajstić information content (AvgIpc) is 3.90. The Bertz CT molecular complexity index is 1840. The van der Waals surface area contributed by atoms with Crippen molar-refractivity contribution in [1.82, 2.24) is 9.97 Å². The predicted octanol–water partition coefficient (Wildman–Crippen LogP) is 13.9. The van der Waals surface area contributed by atoms with Crippen LogP contribution in [0.15, 0.2) is 110 Å². The lowest BCUT2D eigenvalue weighted by Crippen LogP contribution is -2.05. The fourth-order valence-electron chi connectivity index (χ4n) is 6.25. The van der Waals surface area contributed by atoms with Crippen LogP contribution >= 0.6 is 18.1 Å². The normalized spacial score (nSPS) is 11.7. The largest absolute Gasteiger partial charge is 0.440 e. The van der Waals surface area contributed by atoms with Gasteiger partial charge in [0.15, 0.2) is 0 Å². The van der Waals surface area contributed by atoms with Crippen molar-refractivity contribution in [3.8, 4) is 23.0 Å². The molecule has 54 heavy (non-hydrogen) atoms. The van der Waals surface area contributed by atoms with Crippen molar-refractivity contribution in [1.29, 1.82) is 0 Å². The molecular formula is C46H58N2O4P2. The van der Waals surface area contributed by atoms with Gasteiger partial charge in [0.1, 0.15) is 23.0 Å². The van der Waals surface area contributed by atoms with E-state index in [9.17, 15) is 0 Å². The minimum Gasteiger partial charge on any atom is -0.440 e. The van der Waals surface area contributed by atoms with E-state index in [4.69, 9.17) is 18.1 Å². The van der Waals surface area contributed by atoms with Crippen LogP contribution in [0.4, 0.5) is 0 Å². The first-order valence-corrected chi connectivity index (χ1v) is 20.2. The molecule has 2 N–H and O–H groups in total. The van der Waals surface area contributed by atoms with E-state index in [-0.39, 0.29) is 24.0 Å². The molecule has 4 aromatic carbocycles. The third-order valence-electron chi connectivity index (χ3n) is 8.99. The maximum Gasteiger partial charge on any atom is 0.275 e. The Balaban J connectivity index is 0.000000559. The van der Waals surface area contributed by atoms with Crippen LogP contribution in [0, 0.1) is 41.5 Å². The number of rotatable bonds is 12. The molecule has 0 radical (unpaired) electrons. The van der Waals surface area contributed by atoms with Gasteiger partial charge >= 0.3 is 0 Å². The van der Waals surface area contributed by atoms with Gasteiger partial charge in [0.25, 0.3) is 18.1 Å². The second kappa shape index (κ2) is 20.8. The highest BCUT2D eigenvalue weighted by Gasteiger charge is 2.23. The molecule has 0 aliphatic rings. The van der Waals surface area contributed by atoms with Crippen LogP contribution in [0.2, 0.25) is 0 Å². The van der Waals surface area contributed by atoms with E-state index < -0.39 is 0 Å². The first kappa shape index (κ1) is 42.2. The Kier molecular flexibility index (Phi) is 16.3. The number of hydrogen-bond acceptors (Lipinski definition) is 4. The SMILES string of the molecule is Cc1ccc(C(C)C)c(OPOc2c(C)cc(C)cc2C(C)c2cc(C)cc(C)c2OPOc2cc(C)ccc2C(C)C)c1.c1cc[nH]c1.c1cc[nH]c1. The molecule has 2 atom stereocenters. The molecular weight excluding hydrogens is 706 g/mol. The Hall–Kier alpha value is -4.50. The molecule has 0 fully saturated rings. The zero-order chi connectivity index (χ0) is 39.2. The third-order valence-corrected chi connectivity index (χ3v) is 10.2. The van der Waals surface area contributed by atoms with Gasteiger partial charge in [-0.1, -0.05) is 94.3 Å². The fraction of sp³-hybridized carbons (Fsp3) is 0.304. The Morgan fingerprint density at radius 1 is 0.426 bits per heavy atom. The third kappa shape index (κ3) is 12.3. The maximum absolute atomic E-state index is 6.47. The van der Waals surface area contributed by atoms with Gasteiger partial charge in [-0.05, 0) is 123 Å². The monoisotopic (exact) mass is 764 g/mol. The molecule has 0 spiro atoms. The number of H-pyrrole nitrogens is 2. The molecule has 6 aromatic rings. The molecule has 0 bridgehead atoms. The van der Waals surface area contributed by atoms with E-state index in [0.717, 1.165) is 45.3 Å². The first-order valence-electron chi connectivity index (χ1n) is 18.6. The molecule has 0 amide bonds. The topological polar surface area (TPSA) is 68.5 Å². The lowest BCUT2D eigenvalue weighted by Gasteiger charge is -2.24. The van der Waals surface area contributed by atoms with Crippen LogP contribution in [-0.4, -0.2) is 9.97 Å². The average molecular weight is 765 g/mol. The summed E-state index contributed by atoms with van der Waals surface area (Å²) in [5.74, 6) is 4.25. The van der Waals surface area contributed by atoms with Crippen molar-refractivity contribution in [3.05, 3.63) is 165 Å². The van der Waals surface area contributed by atoms with E-state index >= 15 is 0 Å². The number of aryl methyl sites for hydroxylation is 6. The van der Waals surface area contributed by atoms with Crippen molar-refractivity contribution in [2.75, 3.05) is 0 Å².